The number of halogens is 2. The van der Waals surface area contributed by atoms with Gasteiger partial charge in [-0.05, 0) is 35.3 Å². The lowest BCUT2D eigenvalue weighted by Crippen LogP contribution is -2.34. The van der Waals surface area contributed by atoms with E-state index in [4.69, 9.17) is 5.73 Å². The summed E-state index contributed by atoms with van der Waals surface area (Å²) in [6.07, 6.45) is 2.31. The highest BCUT2D eigenvalue weighted by Gasteiger charge is 2.04. The third-order valence-electron chi connectivity index (χ3n) is 2.18. The minimum absolute atomic E-state index is 0. The third-order valence-corrected chi connectivity index (χ3v) is 2.65. The molecule has 5 nitrogen and oxygen atoms in total. The Kier molecular flexibility index (Phi) is 7.90. The molecule has 0 bridgehead atoms. The van der Waals surface area contributed by atoms with Crippen LogP contribution < -0.4 is 16.6 Å². The van der Waals surface area contributed by atoms with Gasteiger partial charge >= 0.3 is 0 Å². The third kappa shape index (κ3) is 6.18. The van der Waals surface area contributed by atoms with E-state index < -0.39 is 0 Å². The molecule has 1 atom stereocenters. The first-order valence-corrected chi connectivity index (χ1v) is 6.16. The summed E-state index contributed by atoms with van der Waals surface area (Å²) in [7, 11) is 0. The van der Waals surface area contributed by atoms with Gasteiger partial charge in [0.25, 0.3) is 5.56 Å². The molecule has 102 valence electrons. The van der Waals surface area contributed by atoms with E-state index in [-0.39, 0.29) is 36.5 Å². The summed E-state index contributed by atoms with van der Waals surface area (Å²) in [6.45, 7) is 2.43. The van der Waals surface area contributed by atoms with Gasteiger partial charge in [-0.25, -0.2) is 0 Å². The molecular weight excluding hydrogens is 321 g/mol. The molecule has 0 saturated carbocycles. The summed E-state index contributed by atoms with van der Waals surface area (Å²) < 4.78 is 2.12. The Labute approximate surface area is 120 Å². The number of amides is 1. The van der Waals surface area contributed by atoms with Gasteiger partial charge in [0.1, 0.15) is 6.54 Å². The summed E-state index contributed by atoms with van der Waals surface area (Å²) in [5, 5.41) is 2.72. The molecule has 1 rings (SSSR count). The predicted molar refractivity (Wildman–Crippen MR) is 76.9 cm³/mol. The Morgan fingerprint density at radius 1 is 1.56 bits per heavy atom. The van der Waals surface area contributed by atoms with Crippen molar-refractivity contribution < 1.29 is 4.79 Å². The SMILES string of the molecule is CC(N)CCNC(=O)Cn1cc(Br)ccc1=O.Cl. The van der Waals surface area contributed by atoms with Crippen molar-refractivity contribution in [1.29, 1.82) is 0 Å². The number of hydrogen-bond donors (Lipinski definition) is 2. The normalized spacial score (nSPS) is 11.5. The van der Waals surface area contributed by atoms with Gasteiger partial charge in [0, 0.05) is 29.3 Å². The molecule has 1 aromatic heterocycles. The molecule has 0 aliphatic heterocycles. The molecule has 18 heavy (non-hydrogen) atoms. The van der Waals surface area contributed by atoms with Gasteiger partial charge in [-0.3, -0.25) is 9.59 Å². The van der Waals surface area contributed by atoms with Gasteiger partial charge < -0.3 is 15.6 Å². The van der Waals surface area contributed by atoms with Gasteiger partial charge in [-0.1, -0.05) is 0 Å². The average molecular weight is 339 g/mol. The number of nitrogens with one attached hydrogen (secondary N) is 1. The molecule has 3 N–H and O–H groups in total. The molecule has 0 fully saturated rings. The molecule has 0 radical (unpaired) electrons. The van der Waals surface area contributed by atoms with E-state index in [1.54, 1.807) is 12.3 Å². The summed E-state index contributed by atoms with van der Waals surface area (Å²) >= 11 is 3.25. The standard InChI is InChI=1S/C11H16BrN3O2.ClH/c1-8(13)4-5-14-10(16)7-15-6-9(12)2-3-11(15)17;/h2-3,6,8H,4-5,7,13H2,1H3,(H,14,16);1H. The Hall–Kier alpha value is -0.850. The zero-order valence-electron chi connectivity index (χ0n) is 10.1. The van der Waals surface area contributed by atoms with Crippen LogP contribution in [-0.2, 0) is 11.3 Å². The highest BCUT2D eigenvalue weighted by atomic mass is 79.9. The smallest absolute Gasteiger partial charge is 0.251 e. The first-order valence-electron chi connectivity index (χ1n) is 5.37. The molecule has 0 spiro atoms. The fourth-order valence-corrected chi connectivity index (χ4v) is 1.65. The van der Waals surface area contributed by atoms with E-state index in [9.17, 15) is 9.59 Å². The Morgan fingerprint density at radius 3 is 2.83 bits per heavy atom. The van der Waals surface area contributed by atoms with Crippen molar-refractivity contribution >= 4 is 34.2 Å². The van der Waals surface area contributed by atoms with Gasteiger partial charge in [-0.2, -0.15) is 0 Å². The van der Waals surface area contributed by atoms with E-state index in [2.05, 4.69) is 21.2 Å². The molecule has 1 heterocycles. The molecule has 7 heteroatoms. The number of aromatic nitrogens is 1. The maximum atomic E-state index is 11.5. The Bertz CT molecular complexity index is 448. The number of hydrogen-bond acceptors (Lipinski definition) is 3. The number of carbonyl (C=O) groups excluding carboxylic acids is 1. The van der Waals surface area contributed by atoms with Crippen molar-refractivity contribution in [3.05, 3.63) is 33.2 Å². The number of rotatable bonds is 5. The fraction of sp³-hybridized carbons (Fsp3) is 0.455. The fourth-order valence-electron chi connectivity index (χ4n) is 1.28. The number of nitrogens with two attached hydrogens (primary N) is 1. The van der Waals surface area contributed by atoms with Gasteiger partial charge in [0.05, 0.1) is 0 Å². The Balaban J connectivity index is 0.00000289. The lowest BCUT2D eigenvalue weighted by atomic mass is 10.2. The minimum atomic E-state index is -0.199. The van der Waals surface area contributed by atoms with E-state index in [1.165, 1.54) is 10.6 Å². The largest absolute Gasteiger partial charge is 0.354 e. The summed E-state index contributed by atoms with van der Waals surface area (Å²) in [6, 6.07) is 3.12. The molecule has 1 amide bonds. The number of pyridine rings is 1. The minimum Gasteiger partial charge on any atom is -0.354 e. The molecular formula is C11H17BrClN3O2. The quantitative estimate of drug-likeness (QED) is 0.837. The van der Waals surface area contributed by atoms with Crippen LogP contribution >= 0.6 is 28.3 Å². The maximum Gasteiger partial charge on any atom is 0.251 e. The van der Waals surface area contributed by atoms with Crippen LogP contribution in [0.5, 0.6) is 0 Å². The lowest BCUT2D eigenvalue weighted by molar-refractivity contribution is -0.121. The number of nitrogens with zero attached hydrogens (tertiary/aromatic N) is 1. The van der Waals surface area contributed by atoms with Crippen LogP contribution in [0.4, 0.5) is 0 Å². The van der Waals surface area contributed by atoms with Gasteiger partial charge in [0.2, 0.25) is 5.91 Å². The summed E-state index contributed by atoms with van der Waals surface area (Å²) in [5.41, 5.74) is 5.36. The number of carbonyl (C=O) groups is 1. The van der Waals surface area contributed by atoms with Crippen molar-refractivity contribution in [2.45, 2.75) is 25.9 Å². The molecule has 0 aliphatic carbocycles. The first-order chi connectivity index (χ1) is 7.99. The van der Waals surface area contributed by atoms with Crippen LogP contribution in [0.15, 0.2) is 27.6 Å². The van der Waals surface area contributed by atoms with Crippen LogP contribution in [0.2, 0.25) is 0 Å². The van der Waals surface area contributed by atoms with Crippen molar-refractivity contribution in [1.82, 2.24) is 9.88 Å². The summed E-state index contributed by atoms with van der Waals surface area (Å²) in [4.78, 5) is 23.0. The van der Waals surface area contributed by atoms with Gasteiger partial charge in [0.15, 0.2) is 0 Å². The van der Waals surface area contributed by atoms with Crippen LogP contribution in [0.1, 0.15) is 13.3 Å². The first kappa shape index (κ1) is 17.2. The van der Waals surface area contributed by atoms with Crippen molar-refractivity contribution in [3.8, 4) is 0 Å². The van der Waals surface area contributed by atoms with E-state index in [0.29, 0.717) is 6.54 Å². The van der Waals surface area contributed by atoms with E-state index >= 15 is 0 Å². The lowest BCUT2D eigenvalue weighted by Gasteiger charge is -2.08. The molecule has 0 aliphatic rings. The molecule has 1 aromatic rings. The second kappa shape index (κ2) is 8.29. The van der Waals surface area contributed by atoms with Crippen LogP contribution in [0, 0.1) is 0 Å². The topological polar surface area (TPSA) is 77.1 Å². The van der Waals surface area contributed by atoms with Crippen LogP contribution in [0.3, 0.4) is 0 Å². The van der Waals surface area contributed by atoms with Crippen LogP contribution in [0.25, 0.3) is 0 Å². The van der Waals surface area contributed by atoms with E-state index in [1.807, 2.05) is 6.92 Å². The molecule has 1 unspecified atom stereocenters. The highest BCUT2D eigenvalue weighted by molar-refractivity contribution is 9.10. The highest BCUT2D eigenvalue weighted by Crippen LogP contribution is 2.04. The monoisotopic (exact) mass is 337 g/mol. The van der Waals surface area contributed by atoms with E-state index in [0.717, 1.165) is 10.9 Å². The summed E-state index contributed by atoms with van der Waals surface area (Å²) in [5.74, 6) is -0.189. The maximum absolute atomic E-state index is 11.5. The molecule has 0 saturated heterocycles. The van der Waals surface area contributed by atoms with Crippen molar-refractivity contribution in [2.24, 2.45) is 5.73 Å². The van der Waals surface area contributed by atoms with Crippen molar-refractivity contribution in [2.75, 3.05) is 6.54 Å². The predicted octanol–water partition coefficient (Wildman–Crippen LogP) is 0.886. The average Bonchev–Trinajstić information content (AvgIpc) is 2.23. The second-order valence-corrected chi connectivity index (χ2v) is 4.85. The zero-order valence-corrected chi connectivity index (χ0v) is 12.5. The zero-order chi connectivity index (χ0) is 12.8. The van der Waals surface area contributed by atoms with Crippen LogP contribution in [-0.4, -0.2) is 23.1 Å². The second-order valence-electron chi connectivity index (χ2n) is 3.93. The Morgan fingerprint density at radius 2 is 2.22 bits per heavy atom. The van der Waals surface area contributed by atoms with Crippen molar-refractivity contribution in [3.63, 3.8) is 0 Å². The molecule has 0 aromatic carbocycles. The van der Waals surface area contributed by atoms with Gasteiger partial charge in [-0.15, -0.1) is 12.4 Å².